The first-order valence-electron chi connectivity index (χ1n) is 8.09. The van der Waals surface area contributed by atoms with Crippen LogP contribution in [0.1, 0.15) is 51.5 Å². The molecule has 22 heavy (non-hydrogen) atoms. The summed E-state index contributed by atoms with van der Waals surface area (Å²) in [6, 6.07) is 4.83. The van der Waals surface area contributed by atoms with Gasteiger partial charge in [-0.05, 0) is 71.0 Å². The van der Waals surface area contributed by atoms with Gasteiger partial charge in [0.05, 0.1) is 0 Å². The Labute approximate surface area is 137 Å². The molecule has 1 aliphatic rings. The lowest BCUT2D eigenvalue weighted by Crippen LogP contribution is -2.40. The van der Waals surface area contributed by atoms with Crippen LogP contribution in [0.3, 0.4) is 0 Å². The highest BCUT2D eigenvalue weighted by Crippen LogP contribution is 2.28. The number of carbonyl (C=O) groups excluding carboxylic acids is 1. The van der Waals surface area contributed by atoms with Gasteiger partial charge in [-0.25, -0.2) is 4.79 Å². The second-order valence-corrected chi connectivity index (χ2v) is 8.03. The maximum atomic E-state index is 11.7. The fourth-order valence-electron chi connectivity index (χ4n) is 2.80. The highest BCUT2D eigenvalue weighted by Gasteiger charge is 2.25. The largest absolute Gasteiger partial charge is 0.444 e. The molecule has 1 aromatic rings. The van der Waals surface area contributed by atoms with E-state index in [-0.39, 0.29) is 6.09 Å². The van der Waals surface area contributed by atoms with Gasteiger partial charge >= 0.3 is 6.09 Å². The van der Waals surface area contributed by atoms with E-state index in [0.717, 1.165) is 32.5 Å². The highest BCUT2D eigenvalue weighted by molar-refractivity contribution is 7.10. The van der Waals surface area contributed by atoms with Crippen LogP contribution in [-0.2, 0) is 4.74 Å². The van der Waals surface area contributed by atoms with E-state index in [9.17, 15) is 4.79 Å². The number of hydrogen-bond donors (Lipinski definition) is 1. The zero-order chi connectivity index (χ0) is 16.2. The standard InChI is InChI=1S/C17H28N2O2S/c1-13(15-6-5-11-22-15)19-9-7-14(8-10-19)12-18-16(20)21-17(2,3)4/h5-6,11,13-14H,7-10,12H2,1-4H3,(H,18,20). The van der Waals surface area contributed by atoms with E-state index < -0.39 is 5.60 Å². The maximum Gasteiger partial charge on any atom is 0.407 e. The van der Waals surface area contributed by atoms with Crippen molar-refractivity contribution in [2.45, 2.75) is 52.2 Å². The number of rotatable bonds is 4. The number of likely N-dealkylation sites (tertiary alicyclic amines) is 1. The summed E-state index contributed by atoms with van der Waals surface area (Å²) in [5, 5.41) is 5.05. The molecule has 1 atom stereocenters. The molecule has 1 unspecified atom stereocenters. The molecular formula is C17H28N2O2S. The molecule has 1 saturated heterocycles. The molecule has 1 amide bonds. The Morgan fingerprint density at radius 1 is 1.45 bits per heavy atom. The summed E-state index contributed by atoms with van der Waals surface area (Å²) in [4.78, 5) is 15.7. The summed E-state index contributed by atoms with van der Waals surface area (Å²) in [5.74, 6) is 0.555. The molecule has 0 spiro atoms. The lowest BCUT2D eigenvalue weighted by atomic mass is 9.95. The summed E-state index contributed by atoms with van der Waals surface area (Å²) in [6.45, 7) is 10.9. The monoisotopic (exact) mass is 324 g/mol. The van der Waals surface area contributed by atoms with E-state index >= 15 is 0 Å². The smallest absolute Gasteiger partial charge is 0.407 e. The first kappa shape index (κ1) is 17.3. The fourth-order valence-corrected chi connectivity index (χ4v) is 3.61. The topological polar surface area (TPSA) is 41.6 Å². The minimum Gasteiger partial charge on any atom is -0.444 e. The second kappa shape index (κ2) is 7.47. The van der Waals surface area contributed by atoms with Gasteiger partial charge in [-0.2, -0.15) is 0 Å². The molecule has 0 radical (unpaired) electrons. The molecule has 1 N–H and O–H groups in total. The van der Waals surface area contributed by atoms with Crippen molar-refractivity contribution in [3.8, 4) is 0 Å². The summed E-state index contributed by atoms with van der Waals surface area (Å²) in [6.07, 6.45) is 1.96. The Kier molecular flexibility index (Phi) is 5.87. The molecule has 4 nitrogen and oxygen atoms in total. The maximum absolute atomic E-state index is 11.7. The van der Waals surface area contributed by atoms with Crippen LogP contribution in [0.4, 0.5) is 4.79 Å². The average molecular weight is 324 g/mol. The number of amides is 1. The van der Waals surface area contributed by atoms with E-state index in [2.05, 4.69) is 34.7 Å². The molecule has 0 bridgehead atoms. The third kappa shape index (κ3) is 5.29. The molecular weight excluding hydrogens is 296 g/mol. The normalized spacial score (nSPS) is 18.9. The Morgan fingerprint density at radius 2 is 2.14 bits per heavy atom. The van der Waals surface area contributed by atoms with Crippen molar-refractivity contribution in [3.63, 3.8) is 0 Å². The molecule has 2 rings (SSSR count). The van der Waals surface area contributed by atoms with Crippen molar-refractivity contribution in [2.75, 3.05) is 19.6 Å². The Bertz CT molecular complexity index is 460. The summed E-state index contributed by atoms with van der Waals surface area (Å²) in [7, 11) is 0. The minimum absolute atomic E-state index is 0.304. The summed E-state index contributed by atoms with van der Waals surface area (Å²) in [5.41, 5.74) is -0.427. The van der Waals surface area contributed by atoms with Crippen LogP contribution in [-0.4, -0.2) is 36.2 Å². The van der Waals surface area contributed by atoms with Crippen LogP contribution in [0, 0.1) is 5.92 Å². The third-order valence-electron chi connectivity index (χ3n) is 4.09. The number of ether oxygens (including phenoxy) is 1. The van der Waals surface area contributed by atoms with Crippen LogP contribution in [0.15, 0.2) is 17.5 Å². The van der Waals surface area contributed by atoms with Crippen LogP contribution in [0.25, 0.3) is 0 Å². The first-order chi connectivity index (χ1) is 10.3. The molecule has 0 aliphatic carbocycles. The predicted molar refractivity (Wildman–Crippen MR) is 91.3 cm³/mol. The highest BCUT2D eigenvalue weighted by atomic mass is 32.1. The van der Waals surface area contributed by atoms with E-state index in [4.69, 9.17) is 4.74 Å². The van der Waals surface area contributed by atoms with Gasteiger partial charge in [-0.3, -0.25) is 4.90 Å². The van der Waals surface area contributed by atoms with Gasteiger partial charge in [-0.15, -0.1) is 11.3 Å². The number of alkyl carbamates (subject to hydrolysis) is 1. The van der Waals surface area contributed by atoms with Crippen LogP contribution < -0.4 is 5.32 Å². The third-order valence-corrected chi connectivity index (χ3v) is 5.13. The number of hydrogen-bond acceptors (Lipinski definition) is 4. The Hall–Kier alpha value is -1.07. The molecule has 5 heteroatoms. The van der Waals surface area contributed by atoms with Crippen molar-refractivity contribution in [2.24, 2.45) is 5.92 Å². The van der Waals surface area contributed by atoms with Gasteiger partial charge in [0, 0.05) is 17.5 Å². The van der Waals surface area contributed by atoms with Crippen LogP contribution in [0.5, 0.6) is 0 Å². The van der Waals surface area contributed by atoms with E-state index in [1.807, 2.05) is 32.1 Å². The van der Waals surface area contributed by atoms with Crippen LogP contribution in [0.2, 0.25) is 0 Å². The molecule has 0 saturated carbocycles. The second-order valence-electron chi connectivity index (χ2n) is 7.05. The molecule has 1 aliphatic heterocycles. The quantitative estimate of drug-likeness (QED) is 0.908. The van der Waals surface area contributed by atoms with Gasteiger partial charge in [0.15, 0.2) is 0 Å². The van der Waals surface area contributed by atoms with Crippen molar-refractivity contribution in [1.82, 2.24) is 10.2 Å². The number of nitrogens with zero attached hydrogens (tertiary/aromatic N) is 1. The Balaban J connectivity index is 1.70. The Morgan fingerprint density at radius 3 is 2.68 bits per heavy atom. The lowest BCUT2D eigenvalue weighted by molar-refractivity contribution is 0.0506. The van der Waals surface area contributed by atoms with Gasteiger partial charge in [0.25, 0.3) is 0 Å². The fraction of sp³-hybridized carbons (Fsp3) is 0.706. The van der Waals surface area contributed by atoms with Gasteiger partial charge < -0.3 is 10.1 Å². The van der Waals surface area contributed by atoms with E-state index in [0.29, 0.717) is 12.0 Å². The number of piperidine rings is 1. The van der Waals surface area contributed by atoms with E-state index in [1.165, 1.54) is 4.88 Å². The van der Waals surface area contributed by atoms with Crippen molar-refractivity contribution >= 4 is 17.4 Å². The van der Waals surface area contributed by atoms with Crippen LogP contribution >= 0.6 is 11.3 Å². The number of carbonyl (C=O) groups is 1. The molecule has 0 aromatic carbocycles. The molecule has 124 valence electrons. The first-order valence-corrected chi connectivity index (χ1v) is 8.97. The van der Waals surface area contributed by atoms with Crippen molar-refractivity contribution in [3.05, 3.63) is 22.4 Å². The van der Waals surface area contributed by atoms with Gasteiger partial charge in [-0.1, -0.05) is 6.07 Å². The van der Waals surface area contributed by atoms with Gasteiger partial charge in [0.1, 0.15) is 5.60 Å². The average Bonchev–Trinajstić information content (AvgIpc) is 2.97. The molecule has 2 heterocycles. The van der Waals surface area contributed by atoms with Crippen molar-refractivity contribution in [1.29, 1.82) is 0 Å². The van der Waals surface area contributed by atoms with Crippen molar-refractivity contribution < 1.29 is 9.53 Å². The van der Waals surface area contributed by atoms with Gasteiger partial charge in [0.2, 0.25) is 0 Å². The summed E-state index contributed by atoms with van der Waals surface area (Å²) >= 11 is 1.83. The SMILES string of the molecule is CC(c1cccs1)N1CCC(CNC(=O)OC(C)(C)C)CC1. The summed E-state index contributed by atoms with van der Waals surface area (Å²) < 4.78 is 5.28. The van der Waals surface area contributed by atoms with E-state index in [1.54, 1.807) is 0 Å². The lowest BCUT2D eigenvalue weighted by Gasteiger charge is -2.35. The number of nitrogens with one attached hydrogen (secondary N) is 1. The predicted octanol–water partition coefficient (Wildman–Crippen LogP) is 4.05. The zero-order valence-electron chi connectivity index (χ0n) is 14.1. The minimum atomic E-state index is -0.427. The molecule has 1 aromatic heterocycles. The number of thiophene rings is 1. The zero-order valence-corrected chi connectivity index (χ0v) is 14.9. The molecule has 1 fully saturated rings.